The molecule has 0 radical (unpaired) electrons. The maximum Gasteiger partial charge on any atom is 0.123 e. The number of aromatic nitrogens is 1. The second-order valence-corrected chi connectivity index (χ2v) is 7.46. The van der Waals surface area contributed by atoms with Crippen molar-refractivity contribution < 1.29 is 0 Å². The third kappa shape index (κ3) is 10.2. The zero-order valence-electron chi connectivity index (χ0n) is 16.9. The molecule has 1 aromatic heterocycles. The van der Waals surface area contributed by atoms with Crippen molar-refractivity contribution in [3.63, 3.8) is 0 Å². The number of anilines is 1. The first-order valence-electron chi connectivity index (χ1n) is 9.22. The summed E-state index contributed by atoms with van der Waals surface area (Å²) in [4.78, 5) is 4.26. The van der Waals surface area contributed by atoms with E-state index < -0.39 is 0 Å². The lowest BCUT2D eigenvalue weighted by Crippen LogP contribution is -2.40. The topological polar surface area (TPSA) is 75.0 Å². The molecule has 2 heterocycles. The second-order valence-electron chi connectivity index (χ2n) is 7.03. The maximum atomic E-state index is 5.91. The molecule has 5 N–H and O–H groups in total. The molecule has 0 saturated carbocycles. The molecule has 0 amide bonds. The molecule has 0 spiro atoms. The lowest BCUT2D eigenvalue weighted by atomic mass is 9.95. The van der Waals surface area contributed by atoms with Gasteiger partial charge in [0.15, 0.2) is 0 Å². The van der Waals surface area contributed by atoms with Crippen LogP contribution in [0, 0.1) is 12.8 Å². The SMILES string of the molecule is Cc1cc(C[C@H]2CNC[C@H]2NCCNCc2ccc(Cl)cc2)cc(N)n1.Cl.Cl.Cl.Cl. The van der Waals surface area contributed by atoms with Crippen molar-refractivity contribution in [2.75, 3.05) is 31.9 Å². The predicted octanol–water partition coefficient (Wildman–Crippen LogP) is 3.82. The van der Waals surface area contributed by atoms with E-state index in [0.717, 1.165) is 49.9 Å². The Bertz CT molecular complexity index is 697. The van der Waals surface area contributed by atoms with Crippen LogP contribution in [-0.2, 0) is 13.0 Å². The number of halogens is 5. The van der Waals surface area contributed by atoms with Crippen LogP contribution in [0.15, 0.2) is 36.4 Å². The summed E-state index contributed by atoms with van der Waals surface area (Å²) in [6.45, 7) is 6.80. The third-order valence-electron chi connectivity index (χ3n) is 4.82. The van der Waals surface area contributed by atoms with Gasteiger partial charge in [-0.25, -0.2) is 4.98 Å². The van der Waals surface area contributed by atoms with E-state index in [-0.39, 0.29) is 49.6 Å². The van der Waals surface area contributed by atoms with Gasteiger partial charge in [0.2, 0.25) is 0 Å². The number of nitrogen functional groups attached to an aromatic ring is 1. The lowest BCUT2D eigenvalue weighted by molar-refractivity contribution is 0.421. The monoisotopic (exact) mass is 517 g/mol. The van der Waals surface area contributed by atoms with Crippen molar-refractivity contribution in [3.05, 3.63) is 58.2 Å². The van der Waals surface area contributed by atoms with Gasteiger partial charge in [-0.3, -0.25) is 0 Å². The summed E-state index contributed by atoms with van der Waals surface area (Å²) in [5, 5.41) is 11.4. The standard InChI is InChI=1S/C20H28ClN5.4ClH/c1-14-8-16(10-20(22)26-14)9-17-12-24-13-19(17)25-7-6-23-11-15-2-4-18(21)5-3-15;;;;/h2-5,8,10,17,19,23-25H,6-7,9,11-13H2,1H3,(H2,22,26);4*1H/t17-,19+;;;;/m0..../s1. The Morgan fingerprint density at radius 1 is 1.03 bits per heavy atom. The highest BCUT2D eigenvalue weighted by molar-refractivity contribution is 6.30. The molecule has 2 aromatic rings. The first-order chi connectivity index (χ1) is 12.6. The molecule has 172 valence electrons. The molecule has 0 aliphatic carbocycles. The van der Waals surface area contributed by atoms with E-state index in [1.54, 1.807) is 0 Å². The lowest BCUT2D eigenvalue weighted by Gasteiger charge is -2.20. The van der Waals surface area contributed by atoms with Crippen molar-refractivity contribution in [3.8, 4) is 0 Å². The molecule has 1 aliphatic rings. The number of benzene rings is 1. The van der Waals surface area contributed by atoms with E-state index in [0.29, 0.717) is 17.8 Å². The Morgan fingerprint density at radius 3 is 2.40 bits per heavy atom. The molecule has 0 bridgehead atoms. The molecule has 0 unspecified atom stereocenters. The molecule has 1 aliphatic heterocycles. The van der Waals surface area contributed by atoms with Crippen molar-refractivity contribution in [2.24, 2.45) is 5.92 Å². The third-order valence-corrected chi connectivity index (χ3v) is 5.07. The van der Waals surface area contributed by atoms with Crippen molar-refractivity contribution in [1.82, 2.24) is 20.9 Å². The van der Waals surface area contributed by atoms with Gasteiger partial charge >= 0.3 is 0 Å². The van der Waals surface area contributed by atoms with Gasteiger partial charge < -0.3 is 21.7 Å². The molecule has 10 heteroatoms. The average molecular weight is 520 g/mol. The van der Waals surface area contributed by atoms with Gasteiger partial charge in [-0.15, -0.1) is 49.6 Å². The van der Waals surface area contributed by atoms with Gasteiger partial charge in [-0.05, 0) is 61.2 Å². The van der Waals surface area contributed by atoms with Crippen LogP contribution in [0.3, 0.4) is 0 Å². The molecule has 5 nitrogen and oxygen atoms in total. The molecule has 3 rings (SSSR count). The van der Waals surface area contributed by atoms with Crippen LogP contribution in [0.25, 0.3) is 0 Å². The quantitative estimate of drug-likeness (QED) is 0.399. The normalized spacial score (nSPS) is 17.1. The first-order valence-corrected chi connectivity index (χ1v) is 9.60. The van der Waals surface area contributed by atoms with E-state index in [9.17, 15) is 0 Å². The Balaban J connectivity index is 0. The highest BCUT2D eigenvalue weighted by Gasteiger charge is 2.26. The fourth-order valence-corrected chi connectivity index (χ4v) is 3.68. The van der Waals surface area contributed by atoms with Gasteiger partial charge in [-0.1, -0.05) is 23.7 Å². The maximum absolute atomic E-state index is 5.91. The molecule has 2 atom stereocenters. The van der Waals surface area contributed by atoms with Crippen LogP contribution >= 0.6 is 61.2 Å². The van der Waals surface area contributed by atoms with Crippen LogP contribution in [0.1, 0.15) is 16.8 Å². The minimum absolute atomic E-state index is 0. The highest BCUT2D eigenvalue weighted by Crippen LogP contribution is 2.18. The smallest absolute Gasteiger partial charge is 0.123 e. The van der Waals surface area contributed by atoms with E-state index in [1.165, 1.54) is 11.1 Å². The number of nitrogens with one attached hydrogen (secondary N) is 3. The number of pyridine rings is 1. The van der Waals surface area contributed by atoms with Gasteiger partial charge in [0.05, 0.1) is 0 Å². The van der Waals surface area contributed by atoms with Crippen molar-refractivity contribution in [1.29, 1.82) is 0 Å². The van der Waals surface area contributed by atoms with Crippen LogP contribution < -0.4 is 21.7 Å². The van der Waals surface area contributed by atoms with Crippen LogP contribution in [0.4, 0.5) is 5.82 Å². The summed E-state index contributed by atoms with van der Waals surface area (Å²) in [6.07, 6.45) is 1.02. The Hall–Kier alpha value is -0.500. The number of nitrogens with two attached hydrogens (primary N) is 1. The fourth-order valence-electron chi connectivity index (χ4n) is 3.56. The Labute approximate surface area is 209 Å². The minimum Gasteiger partial charge on any atom is -0.384 e. The molecular formula is C20H32Cl5N5. The van der Waals surface area contributed by atoms with Gasteiger partial charge in [0.1, 0.15) is 5.82 Å². The number of aryl methyl sites for hydroxylation is 1. The van der Waals surface area contributed by atoms with E-state index in [4.69, 9.17) is 17.3 Å². The summed E-state index contributed by atoms with van der Waals surface area (Å²) < 4.78 is 0. The molecule has 30 heavy (non-hydrogen) atoms. The number of hydrogen-bond donors (Lipinski definition) is 4. The van der Waals surface area contributed by atoms with Gasteiger partial charge in [0.25, 0.3) is 0 Å². The van der Waals surface area contributed by atoms with Crippen LogP contribution in [0.2, 0.25) is 5.02 Å². The van der Waals surface area contributed by atoms with E-state index >= 15 is 0 Å². The predicted molar refractivity (Wildman–Crippen MR) is 137 cm³/mol. The number of nitrogens with zero attached hydrogens (tertiary/aromatic N) is 1. The Kier molecular flexibility index (Phi) is 17.1. The summed E-state index contributed by atoms with van der Waals surface area (Å²) in [6, 6.07) is 12.6. The van der Waals surface area contributed by atoms with Gasteiger partial charge in [-0.2, -0.15) is 0 Å². The number of hydrogen-bond acceptors (Lipinski definition) is 5. The van der Waals surface area contributed by atoms with Crippen molar-refractivity contribution in [2.45, 2.75) is 25.9 Å². The largest absolute Gasteiger partial charge is 0.384 e. The molecule has 1 fully saturated rings. The van der Waals surface area contributed by atoms with Crippen molar-refractivity contribution >= 4 is 67.0 Å². The molecular weight excluding hydrogens is 488 g/mol. The molecule has 1 saturated heterocycles. The fraction of sp³-hybridized carbons (Fsp3) is 0.450. The summed E-state index contributed by atoms with van der Waals surface area (Å²) in [5.41, 5.74) is 9.39. The van der Waals surface area contributed by atoms with Crippen LogP contribution in [0.5, 0.6) is 0 Å². The molecule has 1 aromatic carbocycles. The summed E-state index contributed by atoms with van der Waals surface area (Å²) in [5.74, 6) is 1.19. The first kappa shape index (κ1) is 31.7. The minimum atomic E-state index is 0. The zero-order valence-corrected chi connectivity index (χ0v) is 20.9. The Morgan fingerprint density at radius 2 is 1.73 bits per heavy atom. The van der Waals surface area contributed by atoms with Crippen LogP contribution in [-0.4, -0.2) is 37.2 Å². The number of rotatable bonds is 8. The van der Waals surface area contributed by atoms with E-state index in [1.807, 2.05) is 25.1 Å². The average Bonchev–Trinajstić information content (AvgIpc) is 3.02. The highest BCUT2D eigenvalue weighted by atomic mass is 35.5. The summed E-state index contributed by atoms with van der Waals surface area (Å²) in [7, 11) is 0. The second kappa shape index (κ2) is 16.2. The van der Waals surface area contributed by atoms with E-state index in [2.05, 4.69) is 39.1 Å². The van der Waals surface area contributed by atoms with Gasteiger partial charge in [0, 0.05) is 42.9 Å². The zero-order chi connectivity index (χ0) is 18.4. The summed E-state index contributed by atoms with van der Waals surface area (Å²) >= 11 is 5.91.